The number of hydrogen-bond acceptors (Lipinski definition) is 2. The lowest BCUT2D eigenvalue weighted by atomic mass is 10.2. The summed E-state index contributed by atoms with van der Waals surface area (Å²) < 4.78 is 15.4. The van der Waals surface area contributed by atoms with Gasteiger partial charge in [-0.15, -0.1) is 0 Å². The molecule has 1 heterocycles. The summed E-state index contributed by atoms with van der Waals surface area (Å²) in [7, 11) is 0. The summed E-state index contributed by atoms with van der Waals surface area (Å²) in [6.07, 6.45) is 1.20. The predicted octanol–water partition coefficient (Wildman–Crippen LogP) is 2.50. The van der Waals surface area contributed by atoms with Gasteiger partial charge in [-0.3, -0.25) is 4.79 Å². The largest absolute Gasteiger partial charge is 0.478 e. The van der Waals surface area contributed by atoms with Crippen molar-refractivity contribution < 1.29 is 14.3 Å². The Labute approximate surface area is 116 Å². The predicted molar refractivity (Wildman–Crippen MR) is 70.9 cm³/mol. The molecule has 0 saturated carbocycles. The quantitative estimate of drug-likeness (QED) is 0.943. The van der Waals surface area contributed by atoms with Crippen molar-refractivity contribution in [3.63, 3.8) is 0 Å². The van der Waals surface area contributed by atoms with Gasteiger partial charge in [-0.1, -0.05) is 22.0 Å². The highest BCUT2D eigenvalue weighted by molar-refractivity contribution is 9.10. The van der Waals surface area contributed by atoms with Gasteiger partial charge >= 0.3 is 5.97 Å². The Morgan fingerprint density at radius 3 is 2.68 bits per heavy atom. The van der Waals surface area contributed by atoms with Crippen LogP contribution >= 0.6 is 15.9 Å². The molecule has 6 heteroatoms. The Hall–Kier alpha value is -1.95. The van der Waals surface area contributed by atoms with Crippen molar-refractivity contribution in [2.45, 2.75) is 6.54 Å². The van der Waals surface area contributed by atoms with E-state index in [-0.39, 0.29) is 17.7 Å². The summed E-state index contributed by atoms with van der Waals surface area (Å²) in [5.74, 6) is -1.59. The highest BCUT2D eigenvalue weighted by atomic mass is 79.9. The Morgan fingerprint density at radius 1 is 1.32 bits per heavy atom. The van der Waals surface area contributed by atoms with Gasteiger partial charge in [-0.2, -0.15) is 0 Å². The van der Waals surface area contributed by atoms with Crippen molar-refractivity contribution in [3.05, 3.63) is 68.3 Å². The zero-order valence-electron chi connectivity index (χ0n) is 9.64. The zero-order valence-corrected chi connectivity index (χ0v) is 11.2. The van der Waals surface area contributed by atoms with Gasteiger partial charge in [0.1, 0.15) is 5.82 Å². The summed E-state index contributed by atoms with van der Waals surface area (Å²) in [6, 6.07) is 6.87. The number of pyridine rings is 1. The molecular formula is C13H9BrFNO3. The highest BCUT2D eigenvalue weighted by Crippen LogP contribution is 2.15. The number of aromatic carboxylic acids is 1. The van der Waals surface area contributed by atoms with Crippen LogP contribution in [0.15, 0.2) is 45.8 Å². The van der Waals surface area contributed by atoms with E-state index in [1.165, 1.54) is 18.3 Å². The van der Waals surface area contributed by atoms with Crippen LogP contribution in [0.4, 0.5) is 4.39 Å². The van der Waals surface area contributed by atoms with Crippen molar-refractivity contribution in [3.8, 4) is 0 Å². The summed E-state index contributed by atoms with van der Waals surface area (Å²) in [6.45, 7) is -0.0148. The second kappa shape index (κ2) is 5.36. The second-order valence-corrected chi connectivity index (χ2v) is 4.84. The van der Waals surface area contributed by atoms with E-state index in [0.29, 0.717) is 10.0 Å². The number of carboxylic acid groups (broad SMARTS) is 1. The van der Waals surface area contributed by atoms with Gasteiger partial charge in [-0.05, 0) is 18.2 Å². The summed E-state index contributed by atoms with van der Waals surface area (Å²) in [4.78, 5) is 22.4. The molecule has 1 aromatic heterocycles. The first kappa shape index (κ1) is 13.5. The van der Waals surface area contributed by atoms with Crippen LogP contribution < -0.4 is 5.56 Å². The van der Waals surface area contributed by atoms with Gasteiger partial charge in [0.2, 0.25) is 0 Å². The number of rotatable bonds is 3. The number of carbonyl (C=O) groups is 1. The molecule has 0 amide bonds. The van der Waals surface area contributed by atoms with E-state index >= 15 is 0 Å². The normalized spacial score (nSPS) is 10.4. The van der Waals surface area contributed by atoms with Gasteiger partial charge in [-0.25, -0.2) is 9.18 Å². The van der Waals surface area contributed by atoms with Crippen molar-refractivity contribution in [1.82, 2.24) is 4.57 Å². The van der Waals surface area contributed by atoms with Crippen molar-refractivity contribution in [2.24, 2.45) is 0 Å². The maximum atomic E-state index is 13.7. The van der Waals surface area contributed by atoms with Gasteiger partial charge in [0, 0.05) is 22.3 Å². The molecular weight excluding hydrogens is 317 g/mol. The Kier molecular flexibility index (Phi) is 3.80. The van der Waals surface area contributed by atoms with Crippen LogP contribution in [0.3, 0.4) is 0 Å². The first-order valence-corrected chi connectivity index (χ1v) is 6.14. The molecule has 2 aromatic rings. The lowest BCUT2D eigenvalue weighted by Crippen LogP contribution is -2.21. The molecule has 98 valence electrons. The van der Waals surface area contributed by atoms with E-state index in [1.807, 2.05) is 0 Å². The standard InChI is InChI=1S/C13H9BrFNO3/c14-10-3-1-8(11(15)5-10)6-16-7-9(13(18)19)2-4-12(16)17/h1-5,7H,6H2,(H,18,19). The topological polar surface area (TPSA) is 59.3 Å². The number of carboxylic acids is 1. The van der Waals surface area contributed by atoms with Gasteiger partial charge < -0.3 is 9.67 Å². The summed E-state index contributed by atoms with van der Waals surface area (Å²) in [5, 5.41) is 8.86. The molecule has 2 rings (SSSR count). The van der Waals surface area contributed by atoms with E-state index in [9.17, 15) is 14.0 Å². The summed E-state index contributed by atoms with van der Waals surface area (Å²) >= 11 is 3.14. The number of aromatic nitrogens is 1. The van der Waals surface area contributed by atoms with Crippen LogP contribution in [0.1, 0.15) is 15.9 Å². The van der Waals surface area contributed by atoms with Crippen LogP contribution in [0.5, 0.6) is 0 Å². The third kappa shape index (κ3) is 3.08. The smallest absolute Gasteiger partial charge is 0.337 e. The molecule has 0 aliphatic carbocycles. The van der Waals surface area contributed by atoms with E-state index in [4.69, 9.17) is 5.11 Å². The molecule has 0 aliphatic heterocycles. The third-order valence-corrected chi connectivity index (χ3v) is 3.08. The SMILES string of the molecule is O=C(O)c1ccc(=O)n(Cc2ccc(Br)cc2F)c1. The van der Waals surface area contributed by atoms with Gasteiger partial charge in [0.15, 0.2) is 0 Å². The third-order valence-electron chi connectivity index (χ3n) is 2.59. The molecule has 0 unspecified atom stereocenters. The molecule has 1 aromatic carbocycles. The Bertz CT molecular complexity index is 697. The van der Waals surface area contributed by atoms with E-state index in [0.717, 1.165) is 10.6 Å². The number of hydrogen-bond donors (Lipinski definition) is 1. The molecule has 0 fully saturated rings. The zero-order chi connectivity index (χ0) is 14.0. The molecule has 0 spiro atoms. The van der Waals surface area contributed by atoms with E-state index in [1.54, 1.807) is 12.1 Å². The van der Waals surface area contributed by atoms with Crippen molar-refractivity contribution >= 4 is 21.9 Å². The van der Waals surface area contributed by atoms with Crippen molar-refractivity contribution in [1.29, 1.82) is 0 Å². The number of nitrogens with zero attached hydrogens (tertiary/aromatic N) is 1. The number of halogens is 2. The first-order valence-electron chi connectivity index (χ1n) is 5.35. The Balaban J connectivity index is 2.40. The van der Waals surface area contributed by atoms with E-state index in [2.05, 4.69) is 15.9 Å². The average Bonchev–Trinajstić information content (AvgIpc) is 2.34. The second-order valence-electron chi connectivity index (χ2n) is 3.92. The molecule has 0 radical (unpaired) electrons. The maximum absolute atomic E-state index is 13.7. The minimum absolute atomic E-state index is 0.0148. The molecule has 0 aliphatic rings. The minimum Gasteiger partial charge on any atom is -0.478 e. The maximum Gasteiger partial charge on any atom is 0.337 e. The lowest BCUT2D eigenvalue weighted by Gasteiger charge is -2.08. The fourth-order valence-electron chi connectivity index (χ4n) is 1.61. The fraction of sp³-hybridized carbons (Fsp3) is 0.0769. The fourth-order valence-corrected chi connectivity index (χ4v) is 1.95. The van der Waals surface area contributed by atoms with Crippen LogP contribution in [-0.2, 0) is 6.54 Å². The minimum atomic E-state index is -1.13. The first-order chi connectivity index (χ1) is 8.97. The molecule has 4 nitrogen and oxygen atoms in total. The van der Waals surface area contributed by atoms with Gasteiger partial charge in [0.25, 0.3) is 5.56 Å². The van der Waals surface area contributed by atoms with Gasteiger partial charge in [0.05, 0.1) is 12.1 Å². The molecule has 0 atom stereocenters. The van der Waals surface area contributed by atoms with Crippen LogP contribution in [-0.4, -0.2) is 15.6 Å². The van der Waals surface area contributed by atoms with Crippen LogP contribution in [0, 0.1) is 5.82 Å². The van der Waals surface area contributed by atoms with E-state index < -0.39 is 11.8 Å². The number of benzene rings is 1. The molecule has 0 bridgehead atoms. The molecule has 0 saturated heterocycles. The Morgan fingerprint density at radius 2 is 2.05 bits per heavy atom. The molecule has 19 heavy (non-hydrogen) atoms. The highest BCUT2D eigenvalue weighted by Gasteiger charge is 2.08. The monoisotopic (exact) mass is 325 g/mol. The van der Waals surface area contributed by atoms with Crippen LogP contribution in [0.25, 0.3) is 0 Å². The lowest BCUT2D eigenvalue weighted by molar-refractivity contribution is 0.0696. The van der Waals surface area contributed by atoms with Crippen molar-refractivity contribution in [2.75, 3.05) is 0 Å². The summed E-state index contributed by atoms with van der Waals surface area (Å²) in [5.41, 5.74) is -0.0859. The average molecular weight is 326 g/mol. The van der Waals surface area contributed by atoms with Crippen LogP contribution in [0.2, 0.25) is 0 Å². The molecule has 1 N–H and O–H groups in total.